The Balaban J connectivity index is 1.73. The van der Waals surface area contributed by atoms with Crippen molar-refractivity contribution in [1.82, 2.24) is 4.98 Å². The lowest BCUT2D eigenvalue weighted by Crippen LogP contribution is -2.14. The van der Waals surface area contributed by atoms with Crippen molar-refractivity contribution in [3.8, 4) is 6.07 Å². The summed E-state index contributed by atoms with van der Waals surface area (Å²) < 4.78 is 0. The van der Waals surface area contributed by atoms with E-state index in [0.29, 0.717) is 10.6 Å². The molecule has 28 heavy (non-hydrogen) atoms. The number of nitriles is 1. The molecule has 1 heterocycles. The summed E-state index contributed by atoms with van der Waals surface area (Å²) in [6.07, 6.45) is 0. The average Bonchev–Trinajstić information content (AvgIpc) is 2.66. The fraction of sp³-hybridized carbons (Fsp3) is 0.227. The first-order chi connectivity index (χ1) is 13.4. The van der Waals surface area contributed by atoms with E-state index in [0.717, 1.165) is 33.4 Å². The van der Waals surface area contributed by atoms with Crippen molar-refractivity contribution < 1.29 is 4.79 Å². The van der Waals surface area contributed by atoms with E-state index in [4.69, 9.17) is 0 Å². The fourth-order valence-electron chi connectivity index (χ4n) is 2.98. The number of hydrogen-bond donors (Lipinski definition) is 1. The van der Waals surface area contributed by atoms with Gasteiger partial charge in [-0.1, -0.05) is 17.8 Å². The molecule has 3 rings (SSSR count). The number of pyridine rings is 1. The van der Waals surface area contributed by atoms with Crippen LogP contribution in [0.5, 0.6) is 0 Å². The van der Waals surface area contributed by atoms with Crippen LogP contribution in [-0.4, -0.2) is 30.7 Å². The third-order valence-electron chi connectivity index (χ3n) is 4.38. The zero-order valence-corrected chi connectivity index (χ0v) is 17.2. The highest BCUT2D eigenvalue weighted by atomic mass is 32.2. The summed E-state index contributed by atoms with van der Waals surface area (Å²) in [5, 5.41) is 13.9. The highest BCUT2D eigenvalue weighted by Crippen LogP contribution is 2.27. The van der Waals surface area contributed by atoms with Crippen LogP contribution in [-0.2, 0) is 4.79 Å². The van der Waals surface area contributed by atoms with Gasteiger partial charge in [-0.2, -0.15) is 5.26 Å². The number of hydrogen-bond acceptors (Lipinski definition) is 5. The average molecular weight is 391 g/mol. The molecule has 0 aliphatic carbocycles. The number of aryl methyl sites for hydroxylation is 2. The predicted molar refractivity (Wildman–Crippen MR) is 116 cm³/mol. The maximum atomic E-state index is 12.3. The lowest BCUT2D eigenvalue weighted by molar-refractivity contribution is -0.113. The Bertz CT molecular complexity index is 1070. The second-order valence-corrected chi connectivity index (χ2v) is 7.84. The van der Waals surface area contributed by atoms with Crippen LogP contribution in [0.4, 0.5) is 11.4 Å². The van der Waals surface area contributed by atoms with Crippen LogP contribution >= 0.6 is 11.8 Å². The zero-order valence-electron chi connectivity index (χ0n) is 16.4. The van der Waals surface area contributed by atoms with Gasteiger partial charge in [0.05, 0.1) is 16.8 Å². The molecule has 5 nitrogen and oxygen atoms in total. The van der Waals surface area contributed by atoms with Crippen LogP contribution in [0.2, 0.25) is 0 Å². The summed E-state index contributed by atoms with van der Waals surface area (Å²) in [7, 11) is 3.94. The van der Waals surface area contributed by atoms with E-state index in [1.165, 1.54) is 11.8 Å². The van der Waals surface area contributed by atoms with Crippen LogP contribution in [0.3, 0.4) is 0 Å². The molecule has 0 bridgehead atoms. The summed E-state index contributed by atoms with van der Waals surface area (Å²) in [6.45, 7) is 4.04. The van der Waals surface area contributed by atoms with Gasteiger partial charge in [0, 0.05) is 30.9 Å². The Labute approximate surface area is 169 Å². The molecule has 142 valence electrons. The van der Waals surface area contributed by atoms with Crippen molar-refractivity contribution in [2.24, 2.45) is 0 Å². The van der Waals surface area contributed by atoms with Crippen molar-refractivity contribution in [2.45, 2.75) is 18.9 Å². The van der Waals surface area contributed by atoms with E-state index in [9.17, 15) is 10.1 Å². The number of anilines is 2. The molecule has 0 radical (unpaired) electrons. The Kier molecular flexibility index (Phi) is 5.86. The van der Waals surface area contributed by atoms with E-state index in [2.05, 4.69) is 22.4 Å². The van der Waals surface area contributed by atoms with Crippen molar-refractivity contribution in [1.29, 1.82) is 5.26 Å². The minimum absolute atomic E-state index is 0.131. The van der Waals surface area contributed by atoms with Gasteiger partial charge in [0.15, 0.2) is 0 Å². The third-order valence-corrected chi connectivity index (χ3v) is 5.37. The van der Waals surface area contributed by atoms with Gasteiger partial charge in [-0.15, -0.1) is 0 Å². The number of carbonyl (C=O) groups excluding carboxylic acids is 1. The predicted octanol–water partition coefficient (Wildman–Crippen LogP) is 4.52. The Hall–Kier alpha value is -3.04. The van der Waals surface area contributed by atoms with E-state index < -0.39 is 0 Å². The SMILES string of the molecule is Cc1cc(C)c2cc(C#N)c(SCC(=O)Nc3ccc(N(C)C)cc3)nc2c1. The van der Waals surface area contributed by atoms with Gasteiger partial charge in [0.25, 0.3) is 0 Å². The van der Waals surface area contributed by atoms with E-state index in [1.54, 1.807) is 0 Å². The first-order valence-corrected chi connectivity index (χ1v) is 9.88. The molecule has 0 atom stereocenters. The number of nitrogens with one attached hydrogen (secondary N) is 1. The number of fused-ring (bicyclic) bond motifs is 1. The lowest BCUT2D eigenvalue weighted by Gasteiger charge is -2.13. The number of aromatic nitrogens is 1. The molecule has 2 aromatic carbocycles. The van der Waals surface area contributed by atoms with Gasteiger partial charge in [-0.3, -0.25) is 4.79 Å². The fourth-order valence-corrected chi connectivity index (χ4v) is 3.74. The topological polar surface area (TPSA) is 69.0 Å². The maximum Gasteiger partial charge on any atom is 0.234 e. The monoisotopic (exact) mass is 390 g/mol. The molecule has 1 aromatic heterocycles. The lowest BCUT2D eigenvalue weighted by atomic mass is 10.1. The van der Waals surface area contributed by atoms with E-state index in [-0.39, 0.29) is 11.7 Å². The van der Waals surface area contributed by atoms with Crippen molar-refractivity contribution >= 4 is 39.9 Å². The number of benzene rings is 2. The summed E-state index contributed by atoms with van der Waals surface area (Å²) in [5.41, 5.74) is 5.37. The minimum atomic E-state index is -0.131. The van der Waals surface area contributed by atoms with Crippen molar-refractivity contribution in [3.05, 3.63) is 59.2 Å². The summed E-state index contributed by atoms with van der Waals surface area (Å²) in [4.78, 5) is 19.0. The molecule has 3 aromatic rings. The van der Waals surface area contributed by atoms with Gasteiger partial charge < -0.3 is 10.2 Å². The summed E-state index contributed by atoms with van der Waals surface area (Å²) in [6, 6.07) is 15.8. The second-order valence-electron chi connectivity index (χ2n) is 6.88. The molecule has 6 heteroatoms. The van der Waals surface area contributed by atoms with Gasteiger partial charge in [0.1, 0.15) is 11.1 Å². The van der Waals surface area contributed by atoms with Crippen LogP contribution in [0.15, 0.2) is 47.5 Å². The summed E-state index contributed by atoms with van der Waals surface area (Å²) in [5.74, 6) is 0.0572. The molecule has 1 N–H and O–H groups in total. The molecular weight excluding hydrogens is 368 g/mol. The van der Waals surface area contributed by atoms with Gasteiger partial charge in [-0.05, 0) is 61.4 Å². The quantitative estimate of drug-likeness (QED) is 0.649. The van der Waals surface area contributed by atoms with Crippen LogP contribution in [0.1, 0.15) is 16.7 Å². The Morgan fingerprint density at radius 2 is 1.89 bits per heavy atom. The Morgan fingerprint density at radius 3 is 2.54 bits per heavy atom. The van der Waals surface area contributed by atoms with E-state index in [1.807, 2.05) is 69.2 Å². The maximum absolute atomic E-state index is 12.3. The molecule has 0 saturated carbocycles. The Morgan fingerprint density at radius 1 is 1.18 bits per heavy atom. The van der Waals surface area contributed by atoms with Gasteiger partial charge >= 0.3 is 0 Å². The number of rotatable bonds is 5. The van der Waals surface area contributed by atoms with Crippen LogP contribution in [0, 0.1) is 25.2 Å². The first kappa shape index (κ1) is 19.7. The number of amides is 1. The zero-order chi connectivity index (χ0) is 20.3. The molecule has 0 spiro atoms. The largest absolute Gasteiger partial charge is 0.378 e. The van der Waals surface area contributed by atoms with Gasteiger partial charge in [-0.25, -0.2) is 4.98 Å². The van der Waals surface area contributed by atoms with E-state index >= 15 is 0 Å². The standard InChI is InChI=1S/C22H22N4OS/c1-14-9-15(2)19-11-16(12-23)22(25-20(19)10-14)28-13-21(27)24-17-5-7-18(8-6-17)26(3)4/h5-11H,13H2,1-4H3,(H,24,27). The number of nitrogens with zero attached hydrogens (tertiary/aromatic N) is 3. The normalized spacial score (nSPS) is 10.5. The molecule has 0 aliphatic heterocycles. The smallest absolute Gasteiger partial charge is 0.234 e. The number of thioether (sulfide) groups is 1. The molecular formula is C22H22N4OS. The second kappa shape index (κ2) is 8.32. The first-order valence-electron chi connectivity index (χ1n) is 8.89. The third kappa shape index (κ3) is 4.44. The number of carbonyl (C=O) groups is 1. The molecule has 0 fully saturated rings. The molecule has 0 saturated heterocycles. The highest BCUT2D eigenvalue weighted by molar-refractivity contribution is 8.00. The van der Waals surface area contributed by atoms with Crippen LogP contribution < -0.4 is 10.2 Å². The summed E-state index contributed by atoms with van der Waals surface area (Å²) >= 11 is 1.28. The highest BCUT2D eigenvalue weighted by Gasteiger charge is 2.12. The van der Waals surface area contributed by atoms with Crippen molar-refractivity contribution in [3.63, 3.8) is 0 Å². The molecule has 0 aliphatic rings. The minimum Gasteiger partial charge on any atom is -0.378 e. The van der Waals surface area contributed by atoms with Crippen LogP contribution in [0.25, 0.3) is 10.9 Å². The van der Waals surface area contributed by atoms with Gasteiger partial charge in [0.2, 0.25) is 5.91 Å². The molecule has 0 unspecified atom stereocenters. The molecule has 1 amide bonds. The van der Waals surface area contributed by atoms with Crippen molar-refractivity contribution in [2.75, 3.05) is 30.1 Å².